The molecule has 0 saturated heterocycles. The van der Waals surface area contributed by atoms with Crippen molar-refractivity contribution in [2.24, 2.45) is 0 Å². The van der Waals surface area contributed by atoms with Crippen LogP contribution in [0.5, 0.6) is 11.5 Å². The molecular weight excluding hydrogens is 442 g/mol. The molecule has 24 heavy (non-hydrogen) atoms. The van der Waals surface area contributed by atoms with Crippen LogP contribution in [-0.2, 0) is 17.7 Å². The van der Waals surface area contributed by atoms with Crippen LogP contribution in [0.25, 0.3) is 0 Å². The summed E-state index contributed by atoms with van der Waals surface area (Å²) in [6.45, 7) is 2.76. The summed E-state index contributed by atoms with van der Waals surface area (Å²) in [4.78, 5) is 12.2. The van der Waals surface area contributed by atoms with E-state index in [0.29, 0.717) is 34.8 Å². The largest absolute Gasteiger partial charge is 0.493 e. The number of ether oxygens (including phenoxy) is 3. The number of benzene rings is 1. The second-order valence-corrected chi connectivity index (χ2v) is 6.64. The van der Waals surface area contributed by atoms with Crippen LogP contribution in [0.4, 0.5) is 0 Å². The van der Waals surface area contributed by atoms with Gasteiger partial charge in [-0.3, -0.25) is 0 Å². The summed E-state index contributed by atoms with van der Waals surface area (Å²) in [6.07, 6.45) is 2.61. The van der Waals surface area contributed by atoms with E-state index in [4.69, 9.17) is 14.2 Å². The van der Waals surface area contributed by atoms with Gasteiger partial charge in [-0.2, -0.15) is 0 Å². The van der Waals surface area contributed by atoms with E-state index in [1.54, 1.807) is 21.1 Å². The SMILES string of the molecule is CCOC(=O)c1c(Br)c(Br)cn1CCc1ccc(OC)c(OC)c1. The number of halogens is 2. The van der Waals surface area contributed by atoms with Crippen molar-refractivity contribution in [1.82, 2.24) is 4.57 Å². The maximum Gasteiger partial charge on any atom is 0.356 e. The number of esters is 1. The number of nitrogens with zero attached hydrogens (tertiary/aromatic N) is 1. The molecule has 0 N–H and O–H groups in total. The lowest BCUT2D eigenvalue weighted by atomic mass is 10.1. The molecule has 0 bridgehead atoms. The highest BCUT2D eigenvalue weighted by Crippen LogP contribution is 2.31. The Bertz CT molecular complexity index is 728. The Morgan fingerprint density at radius 3 is 2.50 bits per heavy atom. The van der Waals surface area contributed by atoms with Gasteiger partial charge in [0.2, 0.25) is 0 Å². The van der Waals surface area contributed by atoms with Gasteiger partial charge in [-0.05, 0) is 62.9 Å². The molecule has 0 amide bonds. The molecular formula is C17H19Br2NO4. The van der Waals surface area contributed by atoms with Crippen LogP contribution in [0.2, 0.25) is 0 Å². The third kappa shape index (κ3) is 4.13. The quantitative estimate of drug-likeness (QED) is 0.572. The van der Waals surface area contributed by atoms with Gasteiger partial charge in [-0.25, -0.2) is 4.79 Å². The maximum absolute atomic E-state index is 12.2. The molecule has 0 aliphatic heterocycles. The average molecular weight is 461 g/mol. The predicted octanol–water partition coefficient (Wildman–Crippen LogP) is 4.45. The number of aryl methyl sites for hydroxylation is 2. The lowest BCUT2D eigenvalue weighted by Gasteiger charge is -2.11. The van der Waals surface area contributed by atoms with E-state index in [2.05, 4.69) is 31.9 Å². The van der Waals surface area contributed by atoms with Crippen LogP contribution >= 0.6 is 31.9 Å². The molecule has 0 unspecified atom stereocenters. The van der Waals surface area contributed by atoms with Gasteiger partial charge >= 0.3 is 5.97 Å². The first-order valence-corrected chi connectivity index (χ1v) is 9.02. The Hall–Kier alpha value is -1.47. The number of carbonyl (C=O) groups is 1. The summed E-state index contributed by atoms with van der Waals surface area (Å²) < 4.78 is 19.1. The third-order valence-electron chi connectivity index (χ3n) is 3.53. The molecule has 2 rings (SSSR count). The Morgan fingerprint density at radius 1 is 1.17 bits per heavy atom. The smallest absolute Gasteiger partial charge is 0.356 e. The molecule has 2 aromatic rings. The Morgan fingerprint density at radius 2 is 1.88 bits per heavy atom. The molecule has 1 aromatic heterocycles. The minimum Gasteiger partial charge on any atom is -0.493 e. The summed E-state index contributed by atoms with van der Waals surface area (Å²) in [5.41, 5.74) is 1.59. The van der Waals surface area contributed by atoms with Gasteiger partial charge in [0.1, 0.15) is 5.69 Å². The predicted molar refractivity (Wildman–Crippen MR) is 99.0 cm³/mol. The van der Waals surface area contributed by atoms with Gasteiger partial charge in [-0.15, -0.1) is 0 Å². The highest BCUT2D eigenvalue weighted by molar-refractivity contribution is 9.13. The van der Waals surface area contributed by atoms with Crippen LogP contribution < -0.4 is 9.47 Å². The minimum atomic E-state index is -0.345. The van der Waals surface area contributed by atoms with Gasteiger partial charge in [-0.1, -0.05) is 6.07 Å². The fraction of sp³-hybridized carbons (Fsp3) is 0.353. The number of aromatic nitrogens is 1. The molecule has 0 aliphatic rings. The number of hydrogen-bond acceptors (Lipinski definition) is 4. The second-order valence-electron chi connectivity index (χ2n) is 4.99. The van der Waals surface area contributed by atoms with Crippen molar-refractivity contribution in [3.63, 3.8) is 0 Å². The Kier molecular flexibility index (Phi) is 6.74. The molecule has 0 spiro atoms. The Labute approximate surface area is 158 Å². The van der Waals surface area contributed by atoms with E-state index in [1.165, 1.54) is 0 Å². The van der Waals surface area contributed by atoms with Gasteiger partial charge in [0.05, 0.1) is 29.8 Å². The standard InChI is InChI=1S/C17H19Br2NO4/c1-4-24-17(21)16-15(19)12(18)10-20(16)8-7-11-5-6-13(22-2)14(9-11)23-3/h5-6,9-10H,4,7-8H2,1-3H3. The topological polar surface area (TPSA) is 49.7 Å². The summed E-state index contributed by atoms with van der Waals surface area (Å²) in [7, 11) is 3.22. The molecule has 1 aromatic carbocycles. The summed E-state index contributed by atoms with van der Waals surface area (Å²) in [5.74, 6) is 1.04. The zero-order chi connectivity index (χ0) is 17.7. The molecule has 0 fully saturated rings. The van der Waals surface area contributed by atoms with Crippen molar-refractivity contribution in [2.75, 3.05) is 20.8 Å². The number of rotatable bonds is 7. The van der Waals surface area contributed by atoms with Crippen molar-refractivity contribution >= 4 is 37.8 Å². The van der Waals surface area contributed by atoms with E-state index in [0.717, 1.165) is 16.5 Å². The van der Waals surface area contributed by atoms with Crippen LogP contribution in [0.3, 0.4) is 0 Å². The minimum absolute atomic E-state index is 0.337. The molecule has 130 valence electrons. The number of methoxy groups -OCH3 is 2. The maximum atomic E-state index is 12.2. The normalized spacial score (nSPS) is 10.5. The molecule has 0 radical (unpaired) electrons. The van der Waals surface area contributed by atoms with Crippen molar-refractivity contribution in [3.05, 3.63) is 44.6 Å². The lowest BCUT2D eigenvalue weighted by Crippen LogP contribution is -2.13. The van der Waals surface area contributed by atoms with E-state index < -0.39 is 0 Å². The van der Waals surface area contributed by atoms with Crippen LogP contribution in [0, 0.1) is 0 Å². The summed E-state index contributed by atoms with van der Waals surface area (Å²) in [6, 6.07) is 5.80. The van der Waals surface area contributed by atoms with E-state index in [-0.39, 0.29) is 5.97 Å². The number of hydrogen-bond donors (Lipinski definition) is 0. The van der Waals surface area contributed by atoms with Gasteiger partial charge in [0.15, 0.2) is 11.5 Å². The van der Waals surface area contributed by atoms with Gasteiger partial charge in [0.25, 0.3) is 0 Å². The zero-order valence-corrected chi connectivity index (χ0v) is 16.9. The average Bonchev–Trinajstić information content (AvgIpc) is 2.87. The fourth-order valence-corrected chi connectivity index (χ4v) is 3.29. The highest BCUT2D eigenvalue weighted by atomic mass is 79.9. The van der Waals surface area contributed by atoms with Crippen molar-refractivity contribution in [2.45, 2.75) is 19.9 Å². The molecule has 0 saturated carbocycles. The lowest BCUT2D eigenvalue weighted by molar-refractivity contribution is 0.0512. The van der Waals surface area contributed by atoms with Crippen LogP contribution in [-0.4, -0.2) is 31.4 Å². The highest BCUT2D eigenvalue weighted by Gasteiger charge is 2.20. The molecule has 0 atom stereocenters. The number of carbonyl (C=O) groups excluding carboxylic acids is 1. The van der Waals surface area contributed by atoms with Crippen molar-refractivity contribution in [1.29, 1.82) is 0 Å². The second kappa shape index (κ2) is 8.58. The summed E-state index contributed by atoms with van der Waals surface area (Å²) in [5, 5.41) is 0. The van der Waals surface area contributed by atoms with Gasteiger partial charge in [0, 0.05) is 12.7 Å². The first kappa shape index (κ1) is 18.9. The van der Waals surface area contributed by atoms with E-state index in [1.807, 2.05) is 29.0 Å². The van der Waals surface area contributed by atoms with Crippen molar-refractivity contribution in [3.8, 4) is 11.5 Å². The fourth-order valence-electron chi connectivity index (χ4n) is 2.37. The van der Waals surface area contributed by atoms with E-state index in [9.17, 15) is 4.79 Å². The first-order chi connectivity index (χ1) is 11.5. The van der Waals surface area contributed by atoms with Crippen molar-refractivity contribution < 1.29 is 19.0 Å². The molecule has 0 aliphatic carbocycles. The Balaban J connectivity index is 2.20. The summed E-state index contributed by atoms with van der Waals surface area (Å²) >= 11 is 6.88. The van der Waals surface area contributed by atoms with E-state index >= 15 is 0 Å². The van der Waals surface area contributed by atoms with Gasteiger partial charge < -0.3 is 18.8 Å². The van der Waals surface area contributed by atoms with Crippen LogP contribution in [0.15, 0.2) is 33.3 Å². The monoisotopic (exact) mass is 459 g/mol. The van der Waals surface area contributed by atoms with Crippen LogP contribution in [0.1, 0.15) is 23.0 Å². The molecule has 5 nitrogen and oxygen atoms in total. The third-order valence-corrected chi connectivity index (χ3v) is 5.47. The first-order valence-electron chi connectivity index (χ1n) is 7.44. The zero-order valence-electron chi connectivity index (χ0n) is 13.8. The molecule has 1 heterocycles. The molecule has 7 heteroatoms.